The fourth-order valence-electron chi connectivity index (χ4n) is 3.32. The van der Waals surface area contributed by atoms with Crippen LogP contribution in [0.25, 0.3) is 0 Å². The Labute approximate surface area is 158 Å². The lowest BCUT2D eigenvalue weighted by Gasteiger charge is -2.19. The Hall–Kier alpha value is -3.34. The van der Waals surface area contributed by atoms with E-state index in [0.717, 1.165) is 18.6 Å². The van der Waals surface area contributed by atoms with Crippen LogP contribution in [-0.2, 0) is 11.0 Å². The van der Waals surface area contributed by atoms with Crippen molar-refractivity contribution >= 4 is 17.6 Å². The molecule has 0 saturated carbocycles. The van der Waals surface area contributed by atoms with E-state index in [1.54, 1.807) is 6.07 Å². The number of amides is 2. The molecule has 0 unspecified atom stereocenters. The van der Waals surface area contributed by atoms with Crippen LogP contribution in [0.15, 0.2) is 36.5 Å². The van der Waals surface area contributed by atoms with Gasteiger partial charge in [-0.2, -0.15) is 13.2 Å². The van der Waals surface area contributed by atoms with Crippen LogP contribution in [-0.4, -0.2) is 34.3 Å². The molecule has 2 aliphatic heterocycles. The number of rotatable bonds is 0. The first-order valence-electron chi connectivity index (χ1n) is 8.64. The molecule has 1 atom stereocenters. The van der Waals surface area contributed by atoms with E-state index in [4.69, 9.17) is 0 Å². The predicted octanol–water partition coefficient (Wildman–Crippen LogP) is 3.06. The number of aromatic nitrogens is 1. The lowest BCUT2D eigenvalue weighted by Crippen LogP contribution is -2.40. The fourth-order valence-corrected chi connectivity index (χ4v) is 3.32. The van der Waals surface area contributed by atoms with Gasteiger partial charge in [0.2, 0.25) is 5.91 Å². The van der Waals surface area contributed by atoms with Gasteiger partial charge in [0.25, 0.3) is 5.91 Å². The summed E-state index contributed by atoms with van der Waals surface area (Å²) in [6.45, 7) is 0.512. The van der Waals surface area contributed by atoms with Crippen LogP contribution in [0, 0.1) is 11.8 Å². The van der Waals surface area contributed by atoms with Crippen LogP contribution in [0.2, 0.25) is 0 Å². The molecule has 1 aromatic carbocycles. The lowest BCUT2D eigenvalue weighted by atomic mass is 10.1. The van der Waals surface area contributed by atoms with E-state index in [0.29, 0.717) is 24.1 Å². The third-order valence-electron chi connectivity index (χ3n) is 4.74. The minimum absolute atomic E-state index is 0.199. The third-order valence-corrected chi connectivity index (χ3v) is 4.74. The Morgan fingerprint density at radius 2 is 1.82 bits per heavy atom. The van der Waals surface area contributed by atoms with E-state index < -0.39 is 17.8 Å². The van der Waals surface area contributed by atoms with Gasteiger partial charge in [-0.3, -0.25) is 9.59 Å². The Morgan fingerprint density at radius 3 is 2.54 bits per heavy atom. The van der Waals surface area contributed by atoms with Gasteiger partial charge in [0.05, 0.1) is 11.1 Å². The van der Waals surface area contributed by atoms with E-state index >= 15 is 0 Å². The van der Waals surface area contributed by atoms with Crippen molar-refractivity contribution in [3.63, 3.8) is 0 Å². The fraction of sp³-hybridized carbons (Fsp3) is 0.250. The Morgan fingerprint density at radius 1 is 1.11 bits per heavy atom. The lowest BCUT2D eigenvalue weighted by molar-refractivity contribution is -0.137. The summed E-state index contributed by atoms with van der Waals surface area (Å²) in [7, 11) is 0. The molecule has 142 valence electrons. The SMILES string of the molecule is O=C1Nc2ncc(C#Cc3ccc(C(F)(F)F)cc3)cc2C(=O)N2CCC[C@@H]12. The number of nitrogens with zero attached hydrogens (tertiary/aromatic N) is 2. The smallest absolute Gasteiger partial charge is 0.326 e. The maximum atomic E-state index is 12.8. The molecular weight excluding hydrogens is 371 g/mol. The van der Waals surface area contributed by atoms with Crippen molar-refractivity contribution in [1.82, 2.24) is 9.88 Å². The summed E-state index contributed by atoms with van der Waals surface area (Å²) in [4.78, 5) is 30.7. The van der Waals surface area contributed by atoms with Crippen molar-refractivity contribution in [2.24, 2.45) is 0 Å². The molecule has 0 radical (unpaired) electrons. The number of carbonyl (C=O) groups is 2. The van der Waals surface area contributed by atoms with Gasteiger partial charge in [0, 0.05) is 23.9 Å². The second-order valence-electron chi connectivity index (χ2n) is 6.59. The number of hydrogen-bond donors (Lipinski definition) is 1. The molecule has 2 aromatic rings. The second kappa shape index (κ2) is 6.68. The minimum atomic E-state index is -4.40. The molecule has 2 aliphatic rings. The number of halogens is 3. The quantitative estimate of drug-likeness (QED) is 0.709. The summed E-state index contributed by atoms with van der Waals surface area (Å²) in [5, 5.41) is 2.68. The topological polar surface area (TPSA) is 62.3 Å². The van der Waals surface area contributed by atoms with Crippen molar-refractivity contribution in [2.75, 3.05) is 11.9 Å². The van der Waals surface area contributed by atoms with E-state index in [2.05, 4.69) is 22.1 Å². The number of anilines is 1. The number of alkyl halides is 3. The highest BCUT2D eigenvalue weighted by molar-refractivity contribution is 6.09. The summed E-state index contributed by atoms with van der Waals surface area (Å²) in [5.74, 6) is 5.24. The summed E-state index contributed by atoms with van der Waals surface area (Å²) < 4.78 is 37.8. The Kier molecular flexibility index (Phi) is 4.30. The second-order valence-corrected chi connectivity index (χ2v) is 6.59. The average Bonchev–Trinajstić information content (AvgIpc) is 3.13. The molecule has 3 heterocycles. The normalized spacial score (nSPS) is 18.5. The predicted molar refractivity (Wildman–Crippen MR) is 94.3 cm³/mol. The van der Waals surface area contributed by atoms with Crippen LogP contribution in [0.1, 0.15) is 39.9 Å². The first-order chi connectivity index (χ1) is 13.3. The molecule has 1 aromatic heterocycles. The summed E-state index contributed by atoms with van der Waals surface area (Å²) in [6.07, 6.45) is -1.60. The molecule has 1 saturated heterocycles. The number of benzene rings is 1. The van der Waals surface area contributed by atoms with Crippen molar-refractivity contribution in [3.05, 3.63) is 58.8 Å². The minimum Gasteiger partial charge on any atom is -0.326 e. The summed E-state index contributed by atoms with van der Waals surface area (Å²) in [6, 6.07) is 5.56. The van der Waals surface area contributed by atoms with Crippen LogP contribution < -0.4 is 5.32 Å². The summed E-state index contributed by atoms with van der Waals surface area (Å²) >= 11 is 0. The molecule has 0 aliphatic carbocycles. The van der Waals surface area contributed by atoms with Gasteiger partial charge in [-0.25, -0.2) is 4.98 Å². The van der Waals surface area contributed by atoms with Gasteiger partial charge < -0.3 is 10.2 Å². The van der Waals surface area contributed by atoms with Crippen molar-refractivity contribution in [1.29, 1.82) is 0 Å². The molecule has 0 bridgehead atoms. The molecule has 4 rings (SSSR count). The average molecular weight is 385 g/mol. The maximum absolute atomic E-state index is 12.8. The Balaban J connectivity index is 1.62. The number of carbonyl (C=O) groups excluding carboxylic acids is 2. The molecule has 1 N–H and O–H groups in total. The largest absolute Gasteiger partial charge is 0.416 e. The number of fused-ring (bicyclic) bond motifs is 2. The summed E-state index contributed by atoms with van der Waals surface area (Å²) in [5.41, 5.74) is 0.351. The molecule has 5 nitrogen and oxygen atoms in total. The van der Waals surface area contributed by atoms with Gasteiger partial charge >= 0.3 is 6.18 Å². The van der Waals surface area contributed by atoms with Crippen LogP contribution >= 0.6 is 0 Å². The molecular formula is C20H14F3N3O2. The van der Waals surface area contributed by atoms with Gasteiger partial charge in [0.15, 0.2) is 0 Å². The zero-order valence-electron chi connectivity index (χ0n) is 14.5. The highest BCUT2D eigenvalue weighted by atomic mass is 19.4. The first kappa shape index (κ1) is 18.0. The van der Waals surface area contributed by atoms with E-state index in [1.165, 1.54) is 23.2 Å². The number of hydrogen-bond acceptors (Lipinski definition) is 3. The first-order valence-corrected chi connectivity index (χ1v) is 8.64. The highest BCUT2D eigenvalue weighted by Gasteiger charge is 2.38. The third kappa shape index (κ3) is 3.31. The molecule has 2 amide bonds. The number of nitrogens with one attached hydrogen (secondary N) is 1. The van der Waals surface area contributed by atoms with Gasteiger partial charge in [-0.05, 0) is 43.2 Å². The van der Waals surface area contributed by atoms with Gasteiger partial charge in [-0.15, -0.1) is 0 Å². The Bertz CT molecular complexity index is 1020. The maximum Gasteiger partial charge on any atom is 0.416 e. The van der Waals surface area contributed by atoms with Gasteiger partial charge in [-0.1, -0.05) is 11.8 Å². The monoisotopic (exact) mass is 385 g/mol. The standard InChI is InChI=1S/C20H14F3N3O2/c21-20(22,23)14-7-5-12(6-8-14)3-4-13-10-15-17(24-11-13)25-18(27)16-2-1-9-26(16)19(15)28/h5-8,10-11,16H,1-2,9H2,(H,24,25,27)/t16-/m0/s1. The van der Waals surface area contributed by atoms with Crippen LogP contribution in [0.3, 0.4) is 0 Å². The highest BCUT2D eigenvalue weighted by Crippen LogP contribution is 2.29. The zero-order valence-corrected chi connectivity index (χ0v) is 14.5. The van der Waals surface area contributed by atoms with Crippen molar-refractivity contribution in [2.45, 2.75) is 25.1 Å². The van der Waals surface area contributed by atoms with Crippen molar-refractivity contribution < 1.29 is 22.8 Å². The van der Waals surface area contributed by atoms with Gasteiger partial charge in [0.1, 0.15) is 11.9 Å². The van der Waals surface area contributed by atoms with Crippen LogP contribution in [0.5, 0.6) is 0 Å². The molecule has 1 fully saturated rings. The number of pyridine rings is 1. The van der Waals surface area contributed by atoms with E-state index in [-0.39, 0.29) is 23.2 Å². The van der Waals surface area contributed by atoms with E-state index in [9.17, 15) is 22.8 Å². The molecule has 0 spiro atoms. The van der Waals surface area contributed by atoms with E-state index in [1.807, 2.05) is 0 Å². The van der Waals surface area contributed by atoms with Crippen molar-refractivity contribution in [3.8, 4) is 11.8 Å². The van der Waals surface area contributed by atoms with Crippen LogP contribution in [0.4, 0.5) is 19.0 Å². The zero-order chi connectivity index (χ0) is 19.9. The molecule has 28 heavy (non-hydrogen) atoms. The molecule has 8 heteroatoms.